The highest BCUT2D eigenvalue weighted by Gasteiger charge is 2.38. The van der Waals surface area contributed by atoms with Crippen LogP contribution in [-0.2, 0) is 9.53 Å². The molecule has 4 N–H and O–H groups in total. The van der Waals surface area contributed by atoms with E-state index in [0.29, 0.717) is 54.3 Å². The second-order valence-electron chi connectivity index (χ2n) is 9.18. The number of hydrogen-bond donors (Lipinski definition) is 4. The summed E-state index contributed by atoms with van der Waals surface area (Å²) in [6, 6.07) is 11.3. The maximum atomic E-state index is 13.6. The Bertz CT molecular complexity index is 1210. The van der Waals surface area contributed by atoms with Crippen LogP contribution in [0.5, 0.6) is 0 Å². The minimum Gasteiger partial charge on any atom is -0.482 e. The number of halogens is 1. The summed E-state index contributed by atoms with van der Waals surface area (Å²) < 4.78 is 19.8. The number of nitrogens with zero attached hydrogens (tertiary/aromatic N) is 1. The summed E-state index contributed by atoms with van der Waals surface area (Å²) in [5.41, 5.74) is 2.84. The molecule has 2 heterocycles. The van der Waals surface area contributed by atoms with Crippen LogP contribution in [0.3, 0.4) is 0 Å². The molecule has 0 fully saturated rings. The Hall–Kier alpha value is -3.53. The number of amides is 2. The lowest BCUT2D eigenvalue weighted by molar-refractivity contribution is -0.111. The molecule has 0 bridgehead atoms. The Balaban J connectivity index is 1.50. The molecule has 36 heavy (non-hydrogen) atoms. The van der Waals surface area contributed by atoms with E-state index in [0.717, 1.165) is 11.1 Å². The van der Waals surface area contributed by atoms with Crippen molar-refractivity contribution >= 4 is 28.6 Å². The van der Waals surface area contributed by atoms with E-state index in [-0.39, 0.29) is 25.0 Å². The number of nitrogens with one attached hydrogen (secondary N) is 2. The predicted molar refractivity (Wildman–Crippen MR) is 134 cm³/mol. The van der Waals surface area contributed by atoms with Crippen LogP contribution in [0.15, 0.2) is 54.3 Å². The molecular formula is C27H30FN3O5. The van der Waals surface area contributed by atoms with Gasteiger partial charge in [-0.15, -0.1) is 0 Å². The molecule has 190 valence electrons. The zero-order chi connectivity index (χ0) is 25.9. The SMILES string of the molecule is CC1(C)O/C(=C2/C(=O)Nc3cc(F)ccc32)C=C1c1ccc(C(=O)NCCN(CCO)CCO)cc1. The molecule has 0 radical (unpaired) electrons. The topological polar surface area (TPSA) is 111 Å². The fourth-order valence-corrected chi connectivity index (χ4v) is 4.46. The van der Waals surface area contributed by atoms with Crippen LogP contribution in [0.1, 0.15) is 35.3 Å². The number of ether oxygens (including phenoxy) is 1. The van der Waals surface area contributed by atoms with Crippen LogP contribution in [0.4, 0.5) is 10.1 Å². The molecular weight excluding hydrogens is 465 g/mol. The van der Waals surface area contributed by atoms with Gasteiger partial charge in [0.1, 0.15) is 17.2 Å². The zero-order valence-corrected chi connectivity index (χ0v) is 20.3. The van der Waals surface area contributed by atoms with Gasteiger partial charge >= 0.3 is 0 Å². The van der Waals surface area contributed by atoms with Crippen molar-refractivity contribution in [2.75, 3.05) is 44.7 Å². The summed E-state index contributed by atoms with van der Waals surface area (Å²) in [7, 11) is 0. The third-order valence-electron chi connectivity index (χ3n) is 6.27. The molecule has 8 nitrogen and oxygen atoms in total. The van der Waals surface area contributed by atoms with Gasteiger partial charge in [-0.05, 0) is 55.8 Å². The lowest BCUT2D eigenvalue weighted by atomic mass is 9.91. The van der Waals surface area contributed by atoms with E-state index < -0.39 is 11.4 Å². The number of allylic oxidation sites excluding steroid dienone is 1. The Labute approximate surface area is 209 Å². The highest BCUT2D eigenvalue weighted by molar-refractivity contribution is 6.32. The average molecular weight is 496 g/mol. The monoisotopic (exact) mass is 495 g/mol. The summed E-state index contributed by atoms with van der Waals surface area (Å²) >= 11 is 0. The van der Waals surface area contributed by atoms with Crippen molar-refractivity contribution in [1.82, 2.24) is 10.2 Å². The van der Waals surface area contributed by atoms with Gasteiger partial charge in [0.05, 0.1) is 24.5 Å². The highest BCUT2D eigenvalue weighted by Crippen LogP contribution is 2.44. The molecule has 9 heteroatoms. The molecule has 0 spiro atoms. The van der Waals surface area contributed by atoms with Crippen molar-refractivity contribution in [3.63, 3.8) is 0 Å². The van der Waals surface area contributed by atoms with Gasteiger partial charge in [-0.2, -0.15) is 0 Å². The average Bonchev–Trinajstić information content (AvgIpc) is 3.33. The van der Waals surface area contributed by atoms with Gasteiger partial charge in [0.2, 0.25) is 0 Å². The second kappa shape index (κ2) is 10.6. The van der Waals surface area contributed by atoms with Crippen molar-refractivity contribution in [1.29, 1.82) is 0 Å². The maximum Gasteiger partial charge on any atom is 0.260 e. The van der Waals surface area contributed by atoms with Crippen LogP contribution < -0.4 is 10.6 Å². The molecule has 2 aromatic rings. The van der Waals surface area contributed by atoms with E-state index in [9.17, 15) is 14.0 Å². The standard InChI is InChI=1S/C27H30FN3O5/c1-27(2)21(16-23(36-27)24-20-8-7-19(28)15-22(20)30-26(24)35)17-3-5-18(6-4-17)25(34)29-9-10-31(11-13-32)12-14-33/h3-8,15-16,32-33H,9-14H2,1-2H3,(H,29,34)(H,30,35)/b24-23+. The van der Waals surface area contributed by atoms with Gasteiger partial charge in [-0.25, -0.2) is 4.39 Å². The maximum absolute atomic E-state index is 13.6. The summed E-state index contributed by atoms with van der Waals surface area (Å²) in [6.07, 6.45) is 1.82. The molecule has 0 aromatic heterocycles. The number of hydrogen-bond acceptors (Lipinski definition) is 6. The summed E-state index contributed by atoms with van der Waals surface area (Å²) in [5, 5.41) is 23.7. The van der Waals surface area contributed by atoms with Crippen molar-refractivity contribution < 1.29 is 28.9 Å². The normalized spacial score (nSPS) is 18.1. The molecule has 2 aromatic carbocycles. The van der Waals surface area contributed by atoms with Gasteiger partial charge in [-0.3, -0.25) is 14.5 Å². The Morgan fingerprint density at radius 3 is 2.44 bits per heavy atom. The number of carbonyl (C=O) groups excluding carboxylic acids is 2. The van der Waals surface area contributed by atoms with Crippen LogP contribution >= 0.6 is 0 Å². The quantitative estimate of drug-likeness (QED) is 0.398. The first-order valence-corrected chi connectivity index (χ1v) is 11.8. The molecule has 0 saturated carbocycles. The molecule has 2 amide bonds. The molecule has 0 unspecified atom stereocenters. The first kappa shape index (κ1) is 25.6. The third kappa shape index (κ3) is 5.33. The fourth-order valence-electron chi connectivity index (χ4n) is 4.46. The lowest BCUT2D eigenvalue weighted by Crippen LogP contribution is -2.37. The molecule has 0 aliphatic carbocycles. The van der Waals surface area contributed by atoms with Crippen molar-refractivity contribution in [3.05, 3.63) is 76.8 Å². The highest BCUT2D eigenvalue weighted by atomic mass is 19.1. The van der Waals surface area contributed by atoms with E-state index in [2.05, 4.69) is 10.6 Å². The lowest BCUT2D eigenvalue weighted by Gasteiger charge is -2.23. The summed E-state index contributed by atoms with van der Waals surface area (Å²) in [4.78, 5) is 27.1. The number of aliphatic hydroxyl groups is 2. The Morgan fingerprint density at radius 1 is 1.08 bits per heavy atom. The minimum absolute atomic E-state index is 0.0144. The summed E-state index contributed by atoms with van der Waals surface area (Å²) in [5.74, 6) is -0.585. The zero-order valence-electron chi connectivity index (χ0n) is 20.3. The number of benzene rings is 2. The van der Waals surface area contributed by atoms with E-state index in [1.165, 1.54) is 12.1 Å². The van der Waals surface area contributed by atoms with Crippen molar-refractivity contribution in [3.8, 4) is 0 Å². The van der Waals surface area contributed by atoms with E-state index in [4.69, 9.17) is 14.9 Å². The first-order valence-electron chi connectivity index (χ1n) is 11.8. The second-order valence-corrected chi connectivity index (χ2v) is 9.18. The molecule has 4 rings (SSSR count). The Morgan fingerprint density at radius 2 is 1.78 bits per heavy atom. The van der Waals surface area contributed by atoms with Gasteiger partial charge in [0.15, 0.2) is 0 Å². The van der Waals surface area contributed by atoms with Gasteiger partial charge in [-0.1, -0.05) is 12.1 Å². The molecule has 2 aliphatic rings. The number of carbonyl (C=O) groups is 2. The Kier molecular flexibility index (Phi) is 7.53. The number of anilines is 1. The van der Waals surface area contributed by atoms with Gasteiger partial charge in [0.25, 0.3) is 11.8 Å². The van der Waals surface area contributed by atoms with Crippen LogP contribution in [0, 0.1) is 5.82 Å². The number of aliphatic hydroxyl groups excluding tert-OH is 2. The van der Waals surface area contributed by atoms with Gasteiger partial charge in [0, 0.05) is 42.9 Å². The minimum atomic E-state index is -0.724. The van der Waals surface area contributed by atoms with E-state index in [1.54, 1.807) is 18.2 Å². The van der Waals surface area contributed by atoms with Crippen LogP contribution in [0.2, 0.25) is 0 Å². The van der Waals surface area contributed by atoms with Crippen LogP contribution in [0.25, 0.3) is 11.1 Å². The van der Waals surface area contributed by atoms with Crippen LogP contribution in [-0.4, -0.2) is 71.9 Å². The summed E-state index contributed by atoms with van der Waals surface area (Å²) in [6.45, 7) is 5.53. The molecule has 2 aliphatic heterocycles. The fraction of sp³-hybridized carbons (Fsp3) is 0.333. The number of fused-ring (bicyclic) bond motifs is 1. The predicted octanol–water partition coefficient (Wildman–Crippen LogP) is 2.40. The first-order chi connectivity index (χ1) is 17.2. The van der Waals surface area contributed by atoms with Crippen molar-refractivity contribution in [2.24, 2.45) is 0 Å². The molecule has 0 saturated heterocycles. The van der Waals surface area contributed by atoms with E-state index in [1.807, 2.05) is 37.0 Å². The number of rotatable bonds is 9. The van der Waals surface area contributed by atoms with Crippen molar-refractivity contribution in [2.45, 2.75) is 19.4 Å². The third-order valence-corrected chi connectivity index (χ3v) is 6.27. The van der Waals surface area contributed by atoms with Gasteiger partial charge < -0.3 is 25.6 Å². The molecule has 0 atom stereocenters. The van der Waals surface area contributed by atoms with E-state index >= 15 is 0 Å². The smallest absolute Gasteiger partial charge is 0.260 e. The largest absolute Gasteiger partial charge is 0.482 e.